The summed E-state index contributed by atoms with van der Waals surface area (Å²) in [5.74, 6) is -2.60. The van der Waals surface area contributed by atoms with Gasteiger partial charge in [0.1, 0.15) is 13.2 Å². The molecule has 0 fully saturated rings. The van der Waals surface area contributed by atoms with Crippen LogP contribution in [-0.4, -0.2) is 17.6 Å². The first-order chi connectivity index (χ1) is 12.9. The highest BCUT2D eigenvalue weighted by molar-refractivity contribution is 5.81. The summed E-state index contributed by atoms with van der Waals surface area (Å²) < 4.78 is 25.1. The van der Waals surface area contributed by atoms with Crippen LogP contribution in [0.2, 0.25) is 0 Å². The second kappa shape index (κ2) is 9.67. The molecular formula is C22H23FO4. The Morgan fingerprint density at radius 3 is 1.96 bits per heavy atom. The number of halogens is 1. The van der Waals surface area contributed by atoms with Crippen molar-refractivity contribution in [3.05, 3.63) is 84.4 Å². The molecule has 0 saturated heterocycles. The fraction of sp³-hybridized carbons (Fsp3) is 0.273. The van der Waals surface area contributed by atoms with Crippen LogP contribution in [0.4, 0.5) is 4.39 Å². The molecule has 5 heteroatoms. The van der Waals surface area contributed by atoms with E-state index in [4.69, 9.17) is 9.47 Å². The van der Waals surface area contributed by atoms with Gasteiger partial charge in [-0.15, -0.1) is 6.58 Å². The van der Waals surface area contributed by atoms with E-state index in [1.54, 1.807) is 24.3 Å². The van der Waals surface area contributed by atoms with Gasteiger partial charge in [-0.3, -0.25) is 4.79 Å². The standard InChI is InChI=1S/C22H23FO4/c1-3-19(20(24)26-15-17-10-6-4-7-11-17)14-22(2,23)21(25)27-16-18-12-8-5-9-13-18/h3-13,19H,1,14-16H2,2H3. The van der Waals surface area contributed by atoms with Gasteiger partial charge in [0.25, 0.3) is 0 Å². The lowest BCUT2D eigenvalue weighted by atomic mass is 9.93. The van der Waals surface area contributed by atoms with Crippen molar-refractivity contribution in [1.29, 1.82) is 0 Å². The van der Waals surface area contributed by atoms with E-state index in [0.29, 0.717) is 0 Å². The number of benzene rings is 2. The van der Waals surface area contributed by atoms with Crippen LogP contribution in [0.1, 0.15) is 24.5 Å². The molecule has 0 aliphatic rings. The maximum Gasteiger partial charge on any atom is 0.343 e. The monoisotopic (exact) mass is 370 g/mol. The van der Waals surface area contributed by atoms with Crippen molar-refractivity contribution in [3.63, 3.8) is 0 Å². The van der Waals surface area contributed by atoms with Crippen molar-refractivity contribution >= 4 is 11.9 Å². The smallest absolute Gasteiger partial charge is 0.343 e. The molecule has 0 N–H and O–H groups in total. The van der Waals surface area contributed by atoms with Crippen molar-refractivity contribution in [1.82, 2.24) is 0 Å². The summed E-state index contributed by atoms with van der Waals surface area (Å²) >= 11 is 0. The van der Waals surface area contributed by atoms with Crippen LogP contribution in [-0.2, 0) is 32.3 Å². The third-order valence-corrected chi connectivity index (χ3v) is 4.05. The lowest BCUT2D eigenvalue weighted by Gasteiger charge is -2.22. The molecule has 0 spiro atoms. The van der Waals surface area contributed by atoms with E-state index in [1.807, 2.05) is 36.4 Å². The van der Waals surface area contributed by atoms with Crippen molar-refractivity contribution < 1.29 is 23.5 Å². The lowest BCUT2D eigenvalue weighted by molar-refractivity contribution is -0.161. The van der Waals surface area contributed by atoms with Crippen molar-refractivity contribution in [3.8, 4) is 0 Å². The lowest BCUT2D eigenvalue weighted by Crippen LogP contribution is -2.36. The summed E-state index contributed by atoms with van der Waals surface area (Å²) in [6, 6.07) is 18.1. The number of hydrogen-bond acceptors (Lipinski definition) is 4. The summed E-state index contributed by atoms with van der Waals surface area (Å²) in [5, 5.41) is 0. The Bertz CT molecular complexity index is 756. The maximum atomic E-state index is 14.8. The van der Waals surface area contributed by atoms with Crippen LogP contribution in [0.15, 0.2) is 73.3 Å². The molecule has 0 heterocycles. The topological polar surface area (TPSA) is 52.6 Å². The van der Waals surface area contributed by atoms with Crippen molar-refractivity contribution in [2.75, 3.05) is 0 Å². The number of carbonyl (C=O) groups excluding carboxylic acids is 2. The largest absolute Gasteiger partial charge is 0.460 e. The van der Waals surface area contributed by atoms with Gasteiger partial charge in [0, 0.05) is 6.42 Å². The highest BCUT2D eigenvalue weighted by Crippen LogP contribution is 2.25. The third kappa shape index (κ3) is 6.37. The van der Waals surface area contributed by atoms with Gasteiger partial charge in [-0.25, -0.2) is 9.18 Å². The van der Waals surface area contributed by atoms with Gasteiger partial charge in [0.2, 0.25) is 5.67 Å². The highest BCUT2D eigenvalue weighted by Gasteiger charge is 2.39. The van der Waals surface area contributed by atoms with Gasteiger partial charge < -0.3 is 9.47 Å². The Morgan fingerprint density at radius 2 is 1.48 bits per heavy atom. The van der Waals surface area contributed by atoms with Crippen LogP contribution in [0.5, 0.6) is 0 Å². The number of rotatable bonds is 9. The Balaban J connectivity index is 1.89. The molecule has 0 radical (unpaired) electrons. The zero-order chi connectivity index (χ0) is 19.7. The highest BCUT2D eigenvalue weighted by atomic mass is 19.1. The van der Waals surface area contributed by atoms with E-state index >= 15 is 0 Å². The van der Waals surface area contributed by atoms with Crippen LogP contribution < -0.4 is 0 Å². The molecule has 0 aromatic heterocycles. The quantitative estimate of drug-likeness (QED) is 0.485. The first-order valence-electron chi connectivity index (χ1n) is 8.65. The predicted octanol–water partition coefficient (Wildman–Crippen LogP) is 4.39. The Hall–Kier alpha value is -2.95. The molecule has 142 valence electrons. The van der Waals surface area contributed by atoms with E-state index in [9.17, 15) is 14.0 Å². The van der Waals surface area contributed by atoms with Crippen LogP contribution >= 0.6 is 0 Å². The minimum Gasteiger partial charge on any atom is -0.460 e. The minimum absolute atomic E-state index is 0.0314. The fourth-order valence-corrected chi connectivity index (χ4v) is 2.47. The Labute approximate surface area is 158 Å². The summed E-state index contributed by atoms with van der Waals surface area (Å²) in [6.45, 7) is 4.70. The first-order valence-corrected chi connectivity index (χ1v) is 8.65. The number of carbonyl (C=O) groups is 2. The summed E-state index contributed by atoms with van der Waals surface area (Å²) in [4.78, 5) is 24.3. The molecule has 4 nitrogen and oxygen atoms in total. The molecule has 0 saturated carbocycles. The fourth-order valence-electron chi connectivity index (χ4n) is 2.47. The van der Waals surface area contributed by atoms with E-state index in [0.717, 1.165) is 18.1 Å². The van der Waals surface area contributed by atoms with Crippen LogP contribution in [0.25, 0.3) is 0 Å². The van der Waals surface area contributed by atoms with E-state index in [1.165, 1.54) is 6.08 Å². The molecular weight excluding hydrogens is 347 g/mol. The molecule has 2 aromatic rings. The van der Waals surface area contributed by atoms with E-state index < -0.39 is 29.9 Å². The SMILES string of the molecule is C=CC(CC(C)(F)C(=O)OCc1ccccc1)C(=O)OCc1ccccc1. The summed E-state index contributed by atoms with van der Waals surface area (Å²) in [5.41, 5.74) is -0.762. The normalized spacial score (nSPS) is 13.9. The number of ether oxygens (including phenoxy) is 2. The molecule has 2 unspecified atom stereocenters. The minimum atomic E-state index is -2.33. The molecule has 27 heavy (non-hydrogen) atoms. The summed E-state index contributed by atoms with van der Waals surface area (Å²) in [6.07, 6.45) is 0.896. The zero-order valence-corrected chi connectivity index (χ0v) is 15.3. The van der Waals surface area contributed by atoms with Gasteiger partial charge >= 0.3 is 11.9 Å². The predicted molar refractivity (Wildman–Crippen MR) is 100 cm³/mol. The molecule has 2 rings (SSSR count). The average molecular weight is 370 g/mol. The maximum absolute atomic E-state index is 14.8. The molecule has 0 bridgehead atoms. The van der Waals surface area contributed by atoms with Crippen molar-refractivity contribution in [2.45, 2.75) is 32.2 Å². The molecule has 2 atom stereocenters. The van der Waals surface area contributed by atoms with E-state index in [2.05, 4.69) is 6.58 Å². The zero-order valence-electron chi connectivity index (χ0n) is 15.3. The first kappa shape index (κ1) is 20.4. The van der Waals surface area contributed by atoms with Gasteiger partial charge in [-0.2, -0.15) is 0 Å². The number of esters is 2. The Morgan fingerprint density at radius 1 is 1.00 bits per heavy atom. The van der Waals surface area contributed by atoms with Crippen LogP contribution in [0, 0.1) is 5.92 Å². The summed E-state index contributed by atoms with van der Waals surface area (Å²) in [7, 11) is 0. The van der Waals surface area contributed by atoms with Gasteiger partial charge in [-0.05, 0) is 18.1 Å². The molecule has 0 aliphatic carbocycles. The molecule has 2 aromatic carbocycles. The van der Waals surface area contributed by atoms with Crippen molar-refractivity contribution in [2.24, 2.45) is 5.92 Å². The second-order valence-corrected chi connectivity index (χ2v) is 6.40. The van der Waals surface area contributed by atoms with E-state index in [-0.39, 0.29) is 13.2 Å². The van der Waals surface area contributed by atoms with Gasteiger partial charge in [0.15, 0.2) is 0 Å². The molecule has 0 amide bonds. The number of hydrogen-bond donors (Lipinski definition) is 0. The Kier molecular flexibility index (Phi) is 7.29. The van der Waals surface area contributed by atoms with Gasteiger partial charge in [0.05, 0.1) is 5.92 Å². The van der Waals surface area contributed by atoms with Gasteiger partial charge in [-0.1, -0.05) is 66.7 Å². The molecule has 0 aliphatic heterocycles. The second-order valence-electron chi connectivity index (χ2n) is 6.40. The number of alkyl halides is 1. The average Bonchev–Trinajstić information content (AvgIpc) is 2.70. The van der Waals surface area contributed by atoms with Crippen LogP contribution in [0.3, 0.4) is 0 Å². The third-order valence-electron chi connectivity index (χ3n) is 4.05.